The van der Waals surface area contributed by atoms with Gasteiger partial charge in [-0.2, -0.15) is 0 Å². The molecule has 1 aliphatic rings. The standard InChI is InChI=1S/C18H15Cl2NO3/c1-10(24-18(23)14-8-15(19)17(20)21-9-14)16(22)13-6-5-11-3-2-4-12(11)7-13/h5-10H,2-4H2,1H3/t10-/m1/s1. The molecule has 0 saturated carbocycles. The van der Waals surface area contributed by atoms with Crippen LogP contribution in [0.2, 0.25) is 10.2 Å². The second kappa shape index (κ2) is 6.91. The molecule has 1 atom stereocenters. The number of benzene rings is 1. The third-order valence-corrected chi connectivity index (χ3v) is 4.75. The van der Waals surface area contributed by atoms with Gasteiger partial charge in [0.25, 0.3) is 0 Å². The van der Waals surface area contributed by atoms with Gasteiger partial charge in [0.15, 0.2) is 6.10 Å². The summed E-state index contributed by atoms with van der Waals surface area (Å²) in [6, 6.07) is 7.03. The fraction of sp³-hybridized carbons (Fsp3) is 0.278. The molecule has 1 aliphatic carbocycles. The van der Waals surface area contributed by atoms with Crippen LogP contribution in [0.25, 0.3) is 0 Å². The van der Waals surface area contributed by atoms with E-state index in [2.05, 4.69) is 4.98 Å². The van der Waals surface area contributed by atoms with Crippen LogP contribution in [0, 0.1) is 0 Å². The van der Waals surface area contributed by atoms with Crippen molar-refractivity contribution < 1.29 is 14.3 Å². The van der Waals surface area contributed by atoms with Crippen LogP contribution in [0.15, 0.2) is 30.5 Å². The van der Waals surface area contributed by atoms with E-state index < -0.39 is 12.1 Å². The lowest BCUT2D eigenvalue weighted by molar-refractivity contribution is 0.0318. The summed E-state index contributed by atoms with van der Waals surface area (Å²) in [6.45, 7) is 1.55. The van der Waals surface area contributed by atoms with Crippen LogP contribution in [0.4, 0.5) is 0 Å². The number of carbonyl (C=O) groups excluding carboxylic acids is 2. The van der Waals surface area contributed by atoms with Crippen molar-refractivity contribution >= 4 is 35.0 Å². The monoisotopic (exact) mass is 363 g/mol. The molecular formula is C18H15Cl2NO3. The molecule has 0 N–H and O–H groups in total. The van der Waals surface area contributed by atoms with E-state index in [1.54, 1.807) is 13.0 Å². The second-order valence-electron chi connectivity index (χ2n) is 5.75. The number of aromatic nitrogens is 1. The highest BCUT2D eigenvalue weighted by atomic mass is 35.5. The number of carbonyl (C=O) groups is 2. The molecule has 3 rings (SSSR count). The molecule has 2 aromatic rings. The summed E-state index contributed by atoms with van der Waals surface area (Å²) in [5.41, 5.74) is 3.20. The highest BCUT2D eigenvalue weighted by Gasteiger charge is 2.22. The Labute approximate surface area is 149 Å². The third-order valence-electron chi connectivity index (χ3n) is 4.07. The Kier molecular flexibility index (Phi) is 4.88. The van der Waals surface area contributed by atoms with Crippen LogP contribution in [-0.2, 0) is 17.6 Å². The Balaban J connectivity index is 1.71. The maximum Gasteiger partial charge on any atom is 0.340 e. The maximum absolute atomic E-state index is 12.5. The van der Waals surface area contributed by atoms with Gasteiger partial charge in [-0.1, -0.05) is 35.3 Å². The van der Waals surface area contributed by atoms with E-state index in [0.29, 0.717) is 5.56 Å². The molecule has 124 valence electrons. The Morgan fingerprint density at radius 1 is 1.12 bits per heavy atom. The normalized spacial score (nSPS) is 14.1. The Bertz CT molecular complexity index is 820. The Morgan fingerprint density at radius 2 is 1.88 bits per heavy atom. The minimum absolute atomic E-state index is 0.107. The molecule has 1 aromatic carbocycles. The lowest BCUT2D eigenvalue weighted by Crippen LogP contribution is -2.24. The lowest BCUT2D eigenvalue weighted by Gasteiger charge is -2.13. The molecule has 0 aliphatic heterocycles. The van der Waals surface area contributed by atoms with Crippen molar-refractivity contribution in [2.75, 3.05) is 0 Å². The van der Waals surface area contributed by atoms with Crippen LogP contribution in [0.1, 0.15) is 45.2 Å². The van der Waals surface area contributed by atoms with Gasteiger partial charge in [-0.25, -0.2) is 9.78 Å². The van der Waals surface area contributed by atoms with E-state index in [-0.39, 0.29) is 21.5 Å². The number of rotatable bonds is 4. The van der Waals surface area contributed by atoms with Crippen molar-refractivity contribution in [1.82, 2.24) is 4.98 Å². The number of aryl methyl sites for hydroxylation is 2. The second-order valence-corrected chi connectivity index (χ2v) is 6.51. The predicted octanol–water partition coefficient (Wildman–Crippen LogP) is 4.31. The minimum Gasteiger partial charge on any atom is -0.451 e. The smallest absolute Gasteiger partial charge is 0.340 e. The number of hydrogen-bond donors (Lipinski definition) is 0. The van der Waals surface area contributed by atoms with Crippen LogP contribution in [-0.4, -0.2) is 22.8 Å². The average Bonchev–Trinajstić information content (AvgIpc) is 3.04. The topological polar surface area (TPSA) is 56.3 Å². The number of Topliss-reactive ketones (excluding diaryl/α,β-unsaturated/α-hetero) is 1. The molecule has 1 aromatic heterocycles. The highest BCUT2D eigenvalue weighted by molar-refractivity contribution is 6.41. The van der Waals surface area contributed by atoms with Crippen LogP contribution >= 0.6 is 23.2 Å². The largest absolute Gasteiger partial charge is 0.451 e. The first-order chi connectivity index (χ1) is 11.5. The lowest BCUT2D eigenvalue weighted by atomic mass is 10.0. The summed E-state index contributed by atoms with van der Waals surface area (Å²) in [6.07, 6.45) is 3.52. The summed E-state index contributed by atoms with van der Waals surface area (Å²) in [5, 5.41) is 0.263. The number of hydrogen-bond acceptors (Lipinski definition) is 4. The van der Waals surface area contributed by atoms with Gasteiger partial charge >= 0.3 is 5.97 Å². The van der Waals surface area contributed by atoms with E-state index in [1.807, 2.05) is 12.1 Å². The van der Waals surface area contributed by atoms with Crippen molar-refractivity contribution in [1.29, 1.82) is 0 Å². The quantitative estimate of drug-likeness (QED) is 0.461. The summed E-state index contributed by atoms with van der Waals surface area (Å²) in [5.74, 6) is -0.894. The van der Waals surface area contributed by atoms with Gasteiger partial charge in [0.05, 0.1) is 10.6 Å². The van der Waals surface area contributed by atoms with Gasteiger partial charge in [-0.15, -0.1) is 0 Å². The van der Waals surface area contributed by atoms with E-state index >= 15 is 0 Å². The van der Waals surface area contributed by atoms with Crippen molar-refractivity contribution in [3.8, 4) is 0 Å². The molecule has 4 nitrogen and oxygen atoms in total. The fourth-order valence-corrected chi connectivity index (χ4v) is 3.04. The molecular weight excluding hydrogens is 349 g/mol. The molecule has 0 bridgehead atoms. The number of esters is 1. The van der Waals surface area contributed by atoms with E-state index in [1.165, 1.54) is 23.4 Å². The molecule has 0 unspecified atom stereocenters. The SMILES string of the molecule is C[C@@H](OC(=O)c1cnc(Cl)c(Cl)c1)C(=O)c1ccc2c(c1)CCC2. The van der Waals surface area contributed by atoms with Gasteiger partial charge in [-0.05, 0) is 49.4 Å². The molecule has 6 heteroatoms. The zero-order valence-electron chi connectivity index (χ0n) is 13.0. The molecule has 0 saturated heterocycles. The molecule has 24 heavy (non-hydrogen) atoms. The van der Waals surface area contributed by atoms with Gasteiger partial charge < -0.3 is 4.74 Å². The number of ketones is 1. The van der Waals surface area contributed by atoms with Gasteiger partial charge in [-0.3, -0.25) is 4.79 Å². The summed E-state index contributed by atoms with van der Waals surface area (Å²) >= 11 is 11.6. The van der Waals surface area contributed by atoms with Crippen molar-refractivity contribution in [2.24, 2.45) is 0 Å². The van der Waals surface area contributed by atoms with Gasteiger partial charge in [0.1, 0.15) is 5.15 Å². The number of halogens is 2. The maximum atomic E-state index is 12.5. The van der Waals surface area contributed by atoms with Gasteiger partial charge in [0, 0.05) is 11.8 Å². The van der Waals surface area contributed by atoms with Crippen molar-refractivity contribution in [3.05, 3.63) is 62.9 Å². The zero-order valence-corrected chi connectivity index (χ0v) is 14.5. The van der Waals surface area contributed by atoms with E-state index in [0.717, 1.165) is 19.3 Å². The summed E-state index contributed by atoms with van der Waals surface area (Å²) in [7, 11) is 0. The van der Waals surface area contributed by atoms with Crippen LogP contribution in [0.5, 0.6) is 0 Å². The van der Waals surface area contributed by atoms with E-state index in [4.69, 9.17) is 27.9 Å². The summed E-state index contributed by atoms with van der Waals surface area (Å²) in [4.78, 5) is 28.4. The number of ether oxygens (including phenoxy) is 1. The highest BCUT2D eigenvalue weighted by Crippen LogP contribution is 2.24. The molecule has 0 spiro atoms. The van der Waals surface area contributed by atoms with Crippen molar-refractivity contribution in [2.45, 2.75) is 32.3 Å². The van der Waals surface area contributed by atoms with Crippen LogP contribution < -0.4 is 0 Å². The first-order valence-corrected chi connectivity index (χ1v) is 8.39. The predicted molar refractivity (Wildman–Crippen MR) is 91.9 cm³/mol. The fourth-order valence-electron chi connectivity index (χ4n) is 2.77. The Hall–Kier alpha value is -1.91. The van der Waals surface area contributed by atoms with Gasteiger partial charge in [0.2, 0.25) is 5.78 Å². The number of pyridine rings is 1. The van der Waals surface area contributed by atoms with Crippen LogP contribution in [0.3, 0.4) is 0 Å². The van der Waals surface area contributed by atoms with Crippen molar-refractivity contribution in [3.63, 3.8) is 0 Å². The first-order valence-electron chi connectivity index (χ1n) is 7.64. The first kappa shape index (κ1) is 16.9. The number of nitrogens with zero attached hydrogens (tertiary/aromatic N) is 1. The summed E-state index contributed by atoms with van der Waals surface area (Å²) < 4.78 is 5.24. The third kappa shape index (κ3) is 3.45. The molecule has 0 amide bonds. The Morgan fingerprint density at radius 3 is 2.62 bits per heavy atom. The minimum atomic E-state index is -0.897. The molecule has 1 heterocycles. The average molecular weight is 364 g/mol. The van der Waals surface area contributed by atoms with E-state index in [9.17, 15) is 9.59 Å². The zero-order chi connectivity index (χ0) is 17.3. The number of fused-ring (bicyclic) bond motifs is 1. The molecule has 0 radical (unpaired) electrons. The molecule has 0 fully saturated rings.